The van der Waals surface area contributed by atoms with Gasteiger partial charge in [0.25, 0.3) is 0 Å². The first-order valence-electron chi connectivity index (χ1n) is 10.7. The van der Waals surface area contributed by atoms with E-state index < -0.39 is 0 Å². The van der Waals surface area contributed by atoms with Crippen LogP contribution in [0.5, 0.6) is 0 Å². The summed E-state index contributed by atoms with van der Waals surface area (Å²) in [7, 11) is 0. The molecule has 0 aromatic heterocycles. The minimum atomic E-state index is -0.273. The van der Waals surface area contributed by atoms with E-state index >= 15 is 0 Å². The van der Waals surface area contributed by atoms with E-state index in [9.17, 15) is 9.59 Å². The fraction of sp³-hybridized carbons (Fsp3) is 0.417. The largest absolute Gasteiger partial charge is 0.346 e. The summed E-state index contributed by atoms with van der Waals surface area (Å²) in [4.78, 5) is 29.4. The van der Waals surface area contributed by atoms with E-state index in [4.69, 9.17) is 11.6 Å². The molecule has 31 heavy (non-hydrogen) atoms. The summed E-state index contributed by atoms with van der Waals surface area (Å²) >= 11 is 5.95. The summed E-state index contributed by atoms with van der Waals surface area (Å²) in [5.74, 6) is -0.339. The van der Waals surface area contributed by atoms with Crippen LogP contribution in [0.15, 0.2) is 42.5 Å². The lowest BCUT2D eigenvalue weighted by Crippen LogP contribution is -2.54. The highest BCUT2D eigenvalue weighted by molar-refractivity contribution is 6.30. The minimum absolute atomic E-state index is 0.0342. The quantitative estimate of drug-likeness (QED) is 0.691. The first-order valence-corrected chi connectivity index (χ1v) is 11.1. The van der Waals surface area contributed by atoms with Crippen molar-refractivity contribution < 1.29 is 9.59 Å². The Labute approximate surface area is 189 Å². The van der Waals surface area contributed by atoms with Crippen molar-refractivity contribution in [1.82, 2.24) is 15.1 Å². The number of piperazine rings is 1. The lowest BCUT2D eigenvalue weighted by atomic mass is 10.1. The Kier molecular flexibility index (Phi) is 8.07. The number of amides is 2. The molecule has 166 valence electrons. The number of halogens is 1. The van der Waals surface area contributed by atoms with Crippen molar-refractivity contribution in [3.8, 4) is 0 Å². The Hall–Kier alpha value is -2.41. The van der Waals surface area contributed by atoms with Crippen molar-refractivity contribution >= 4 is 29.1 Å². The van der Waals surface area contributed by atoms with Crippen LogP contribution in [0.1, 0.15) is 23.6 Å². The van der Waals surface area contributed by atoms with Gasteiger partial charge in [0.1, 0.15) is 0 Å². The molecular weight excluding hydrogens is 412 g/mol. The van der Waals surface area contributed by atoms with Gasteiger partial charge < -0.3 is 10.6 Å². The van der Waals surface area contributed by atoms with Crippen LogP contribution in [0.25, 0.3) is 0 Å². The lowest BCUT2D eigenvalue weighted by molar-refractivity contribution is -0.128. The molecule has 3 rings (SSSR count). The smallest absolute Gasteiger partial charge is 0.243 e. The fourth-order valence-corrected chi connectivity index (χ4v) is 3.96. The van der Waals surface area contributed by atoms with Crippen LogP contribution in [0, 0.1) is 13.8 Å². The molecule has 1 heterocycles. The Balaban J connectivity index is 1.42. The summed E-state index contributed by atoms with van der Waals surface area (Å²) in [6.45, 7) is 10.1. The lowest BCUT2D eigenvalue weighted by Gasteiger charge is -2.37. The molecule has 0 saturated carbocycles. The molecule has 7 heteroatoms. The first kappa shape index (κ1) is 23.3. The van der Waals surface area contributed by atoms with Crippen molar-refractivity contribution in [2.45, 2.75) is 33.4 Å². The van der Waals surface area contributed by atoms with Crippen LogP contribution in [0.4, 0.5) is 5.69 Å². The van der Waals surface area contributed by atoms with E-state index in [0.29, 0.717) is 0 Å². The van der Waals surface area contributed by atoms with Crippen LogP contribution in [-0.4, -0.2) is 60.4 Å². The number of aryl methyl sites for hydroxylation is 2. The number of hydrogen-bond acceptors (Lipinski definition) is 4. The molecule has 2 aromatic rings. The highest BCUT2D eigenvalue weighted by atomic mass is 35.5. The predicted octanol–water partition coefficient (Wildman–Crippen LogP) is 3.22. The van der Waals surface area contributed by atoms with Gasteiger partial charge in [-0.3, -0.25) is 19.4 Å². The predicted molar refractivity (Wildman–Crippen MR) is 125 cm³/mol. The van der Waals surface area contributed by atoms with Gasteiger partial charge in [0, 0.05) is 43.4 Å². The van der Waals surface area contributed by atoms with Gasteiger partial charge in [-0.25, -0.2) is 0 Å². The van der Waals surface area contributed by atoms with Crippen LogP contribution in [-0.2, 0) is 16.1 Å². The van der Waals surface area contributed by atoms with E-state index in [2.05, 4.69) is 20.4 Å². The summed E-state index contributed by atoms with van der Waals surface area (Å²) < 4.78 is 0. The van der Waals surface area contributed by atoms with E-state index in [1.165, 1.54) is 5.56 Å². The molecule has 2 amide bonds. The molecule has 0 radical (unpaired) electrons. The van der Waals surface area contributed by atoms with E-state index in [0.717, 1.165) is 54.6 Å². The Morgan fingerprint density at radius 3 is 2.23 bits per heavy atom. The van der Waals surface area contributed by atoms with E-state index in [-0.39, 0.29) is 24.4 Å². The number of para-hydroxylation sites is 1. The molecule has 0 spiro atoms. The molecule has 0 unspecified atom stereocenters. The Bertz CT molecular complexity index is 888. The third-order valence-corrected chi connectivity index (χ3v) is 6.07. The molecule has 2 aromatic carbocycles. The van der Waals surface area contributed by atoms with Crippen molar-refractivity contribution in [3.63, 3.8) is 0 Å². The van der Waals surface area contributed by atoms with Crippen molar-refractivity contribution in [3.05, 3.63) is 64.2 Å². The van der Waals surface area contributed by atoms with Crippen molar-refractivity contribution in [1.29, 1.82) is 0 Å². The van der Waals surface area contributed by atoms with E-state index in [1.807, 2.05) is 63.2 Å². The van der Waals surface area contributed by atoms with Gasteiger partial charge in [0.2, 0.25) is 11.8 Å². The second-order valence-corrected chi connectivity index (χ2v) is 8.58. The maximum atomic E-state index is 12.6. The molecule has 1 fully saturated rings. The number of nitrogens with one attached hydrogen (secondary N) is 2. The van der Waals surface area contributed by atoms with Gasteiger partial charge in [-0.05, 0) is 49.6 Å². The van der Waals surface area contributed by atoms with Gasteiger partial charge >= 0.3 is 0 Å². The third kappa shape index (κ3) is 6.53. The van der Waals surface area contributed by atoms with Gasteiger partial charge in [-0.15, -0.1) is 0 Å². The molecule has 1 aliphatic heterocycles. The number of benzene rings is 2. The molecule has 1 atom stereocenters. The van der Waals surface area contributed by atoms with Gasteiger partial charge in [0.05, 0.1) is 12.6 Å². The average molecular weight is 443 g/mol. The second-order valence-electron chi connectivity index (χ2n) is 8.15. The van der Waals surface area contributed by atoms with Crippen LogP contribution >= 0.6 is 11.6 Å². The topological polar surface area (TPSA) is 64.7 Å². The average Bonchev–Trinajstić information content (AvgIpc) is 2.76. The number of nitrogens with zero attached hydrogens (tertiary/aromatic N) is 2. The SMILES string of the molecule is Cc1cccc(C)c1NC(=O)CNC(=O)[C@@H](C)N1CCN(Cc2ccc(Cl)cc2)CC1. The van der Waals surface area contributed by atoms with Gasteiger partial charge in [-0.2, -0.15) is 0 Å². The summed E-state index contributed by atoms with van der Waals surface area (Å²) in [5.41, 5.74) is 4.05. The zero-order chi connectivity index (χ0) is 22.4. The Morgan fingerprint density at radius 1 is 1.00 bits per heavy atom. The minimum Gasteiger partial charge on any atom is -0.346 e. The number of rotatable bonds is 7. The molecule has 1 aliphatic rings. The monoisotopic (exact) mass is 442 g/mol. The zero-order valence-electron chi connectivity index (χ0n) is 18.5. The number of hydrogen-bond donors (Lipinski definition) is 2. The summed E-state index contributed by atoms with van der Waals surface area (Å²) in [6.07, 6.45) is 0. The van der Waals surface area contributed by atoms with Crippen LogP contribution in [0.2, 0.25) is 5.02 Å². The zero-order valence-corrected chi connectivity index (χ0v) is 19.2. The maximum absolute atomic E-state index is 12.6. The molecule has 0 aliphatic carbocycles. The highest BCUT2D eigenvalue weighted by Crippen LogP contribution is 2.19. The molecule has 1 saturated heterocycles. The molecule has 2 N–H and O–H groups in total. The standard InChI is InChI=1S/C24H31ClN4O2/c1-17-5-4-6-18(2)23(17)27-22(30)15-26-24(31)19(3)29-13-11-28(12-14-29)16-20-7-9-21(25)10-8-20/h4-10,19H,11-16H2,1-3H3,(H,26,31)(H,27,30)/t19-/m1/s1. The normalized spacial score (nSPS) is 16.0. The number of anilines is 1. The van der Waals surface area contributed by atoms with Crippen LogP contribution < -0.4 is 10.6 Å². The van der Waals surface area contributed by atoms with Gasteiger partial charge in [-0.1, -0.05) is 41.9 Å². The number of carbonyl (C=O) groups is 2. The highest BCUT2D eigenvalue weighted by Gasteiger charge is 2.25. The maximum Gasteiger partial charge on any atom is 0.243 e. The van der Waals surface area contributed by atoms with Crippen LogP contribution in [0.3, 0.4) is 0 Å². The molecular formula is C24H31ClN4O2. The third-order valence-electron chi connectivity index (χ3n) is 5.82. The van der Waals surface area contributed by atoms with Crippen molar-refractivity contribution in [2.24, 2.45) is 0 Å². The van der Waals surface area contributed by atoms with Crippen molar-refractivity contribution in [2.75, 3.05) is 38.0 Å². The second kappa shape index (κ2) is 10.8. The molecule has 6 nitrogen and oxygen atoms in total. The first-order chi connectivity index (χ1) is 14.8. The molecule has 0 bridgehead atoms. The summed E-state index contributed by atoms with van der Waals surface area (Å²) in [6, 6.07) is 13.5. The van der Waals surface area contributed by atoms with E-state index in [1.54, 1.807) is 0 Å². The number of carbonyl (C=O) groups excluding carboxylic acids is 2. The fourth-order valence-electron chi connectivity index (χ4n) is 3.83. The van der Waals surface area contributed by atoms with Gasteiger partial charge in [0.15, 0.2) is 0 Å². The Morgan fingerprint density at radius 2 is 1.61 bits per heavy atom. The summed E-state index contributed by atoms with van der Waals surface area (Å²) in [5, 5.41) is 6.43.